The second-order valence-electron chi connectivity index (χ2n) is 6.56. The molecule has 0 bridgehead atoms. The predicted octanol–water partition coefficient (Wildman–Crippen LogP) is 4.30. The molecule has 0 heterocycles. The fourth-order valence-electron chi connectivity index (χ4n) is 2.19. The van der Waals surface area contributed by atoms with Gasteiger partial charge in [0.1, 0.15) is 5.60 Å². The minimum atomic E-state index is -0.655. The van der Waals surface area contributed by atoms with Crippen LogP contribution in [0.2, 0.25) is 0 Å². The first-order valence-corrected chi connectivity index (χ1v) is 7.49. The van der Waals surface area contributed by atoms with Crippen molar-refractivity contribution in [3.63, 3.8) is 0 Å². The zero-order valence-electron chi connectivity index (χ0n) is 13.7. The number of hydrogen-bond donors (Lipinski definition) is 0. The van der Waals surface area contributed by atoms with Crippen molar-refractivity contribution < 1.29 is 9.53 Å². The number of hydrogen-bond acceptors (Lipinski definition) is 2. The van der Waals surface area contributed by atoms with E-state index in [-0.39, 0.29) is 11.2 Å². The van der Waals surface area contributed by atoms with Gasteiger partial charge in [0, 0.05) is 13.0 Å². The van der Waals surface area contributed by atoms with Gasteiger partial charge < -0.3 is 4.74 Å². The van der Waals surface area contributed by atoms with Crippen LogP contribution in [0.1, 0.15) is 59.1 Å². The second-order valence-corrected chi connectivity index (χ2v) is 6.56. The number of Topliss-reactive ketones (excluding diaryl/α,β-unsaturated/α-hetero) is 1. The number of carbonyl (C=O) groups is 1. The van der Waals surface area contributed by atoms with Gasteiger partial charge in [0.25, 0.3) is 0 Å². The summed E-state index contributed by atoms with van der Waals surface area (Å²) in [6.07, 6.45) is 1.15. The van der Waals surface area contributed by atoms with Crippen LogP contribution in [0.5, 0.6) is 0 Å². The van der Waals surface area contributed by atoms with Crippen molar-refractivity contribution in [3.8, 4) is 0 Å². The van der Waals surface area contributed by atoms with Gasteiger partial charge in [-0.05, 0) is 36.8 Å². The van der Waals surface area contributed by atoms with Gasteiger partial charge in [0.05, 0.1) is 0 Å². The molecular weight excluding hydrogens is 248 g/mol. The third kappa shape index (κ3) is 4.17. The van der Waals surface area contributed by atoms with E-state index in [0.717, 1.165) is 5.56 Å². The largest absolute Gasteiger partial charge is 0.368 e. The number of ketones is 1. The lowest BCUT2D eigenvalue weighted by Gasteiger charge is -2.26. The SMILES string of the molecule is CCOC(C)(CC)C(=O)Cc1ccc(C(C)(C)C)cc1. The van der Waals surface area contributed by atoms with Crippen LogP contribution in [0.4, 0.5) is 0 Å². The van der Waals surface area contributed by atoms with Crippen LogP contribution in [0, 0.1) is 0 Å². The summed E-state index contributed by atoms with van der Waals surface area (Å²) >= 11 is 0. The van der Waals surface area contributed by atoms with Crippen LogP contribution in [0.3, 0.4) is 0 Å². The highest BCUT2D eigenvalue weighted by Gasteiger charge is 2.31. The Labute approximate surface area is 123 Å². The monoisotopic (exact) mass is 276 g/mol. The van der Waals surface area contributed by atoms with Gasteiger partial charge in [0.15, 0.2) is 5.78 Å². The normalized spacial score (nSPS) is 14.9. The van der Waals surface area contributed by atoms with Crippen molar-refractivity contribution in [2.75, 3.05) is 6.61 Å². The van der Waals surface area contributed by atoms with Gasteiger partial charge in [-0.1, -0.05) is 52.0 Å². The lowest BCUT2D eigenvalue weighted by Crippen LogP contribution is -2.39. The highest BCUT2D eigenvalue weighted by molar-refractivity contribution is 5.88. The van der Waals surface area contributed by atoms with Crippen molar-refractivity contribution >= 4 is 5.78 Å². The van der Waals surface area contributed by atoms with Crippen molar-refractivity contribution in [3.05, 3.63) is 35.4 Å². The first-order valence-electron chi connectivity index (χ1n) is 7.49. The molecule has 1 rings (SSSR count). The Bertz CT molecular complexity index is 439. The van der Waals surface area contributed by atoms with Gasteiger partial charge >= 0.3 is 0 Å². The molecule has 0 saturated heterocycles. The number of carbonyl (C=O) groups excluding carboxylic acids is 1. The molecule has 0 aromatic heterocycles. The van der Waals surface area contributed by atoms with Gasteiger partial charge in [0.2, 0.25) is 0 Å². The number of rotatable bonds is 6. The summed E-state index contributed by atoms with van der Waals surface area (Å²) in [6.45, 7) is 13.0. The predicted molar refractivity (Wildman–Crippen MR) is 84.2 cm³/mol. The third-order valence-corrected chi connectivity index (χ3v) is 3.91. The maximum Gasteiger partial charge on any atom is 0.168 e. The van der Waals surface area contributed by atoms with Crippen molar-refractivity contribution in [2.24, 2.45) is 0 Å². The summed E-state index contributed by atoms with van der Waals surface area (Å²) < 4.78 is 5.64. The second kappa shape index (κ2) is 6.53. The summed E-state index contributed by atoms with van der Waals surface area (Å²) in [4.78, 5) is 12.4. The van der Waals surface area contributed by atoms with Crippen molar-refractivity contribution in [1.82, 2.24) is 0 Å². The van der Waals surface area contributed by atoms with Crippen LogP contribution in [-0.2, 0) is 21.4 Å². The minimum absolute atomic E-state index is 0.145. The van der Waals surface area contributed by atoms with E-state index in [2.05, 4.69) is 45.0 Å². The molecule has 0 aliphatic heterocycles. The van der Waals surface area contributed by atoms with E-state index in [9.17, 15) is 4.79 Å². The van der Waals surface area contributed by atoms with E-state index in [1.54, 1.807) is 0 Å². The first kappa shape index (κ1) is 16.9. The average molecular weight is 276 g/mol. The third-order valence-electron chi connectivity index (χ3n) is 3.91. The lowest BCUT2D eigenvalue weighted by molar-refractivity contribution is -0.141. The fraction of sp³-hybridized carbons (Fsp3) is 0.611. The summed E-state index contributed by atoms with van der Waals surface area (Å²) in [5.41, 5.74) is 1.84. The Hall–Kier alpha value is -1.15. The molecular formula is C18H28O2. The highest BCUT2D eigenvalue weighted by Crippen LogP contribution is 2.24. The Morgan fingerprint density at radius 2 is 1.60 bits per heavy atom. The molecule has 0 spiro atoms. The smallest absolute Gasteiger partial charge is 0.168 e. The van der Waals surface area contributed by atoms with Crippen molar-refractivity contribution in [2.45, 2.75) is 65.4 Å². The van der Waals surface area contributed by atoms with E-state index < -0.39 is 5.60 Å². The topological polar surface area (TPSA) is 26.3 Å². The molecule has 1 unspecified atom stereocenters. The molecule has 1 aromatic rings. The molecule has 0 N–H and O–H groups in total. The zero-order valence-corrected chi connectivity index (χ0v) is 13.7. The van der Waals surface area contributed by atoms with E-state index in [4.69, 9.17) is 4.74 Å². The fourth-order valence-corrected chi connectivity index (χ4v) is 2.19. The van der Waals surface area contributed by atoms with Crippen LogP contribution in [0.15, 0.2) is 24.3 Å². The summed E-state index contributed by atoms with van der Waals surface area (Å²) in [6, 6.07) is 8.35. The standard InChI is InChI=1S/C18H28O2/c1-7-18(6,20-8-2)16(19)13-14-9-11-15(12-10-14)17(3,4)5/h9-12H,7-8,13H2,1-6H3. The summed E-state index contributed by atoms with van der Waals surface area (Å²) in [7, 11) is 0. The minimum Gasteiger partial charge on any atom is -0.368 e. The van der Waals surface area contributed by atoms with E-state index in [0.29, 0.717) is 19.4 Å². The van der Waals surface area contributed by atoms with Gasteiger partial charge in [-0.25, -0.2) is 0 Å². The van der Waals surface area contributed by atoms with E-state index in [1.165, 1.54) is 5.56 Å². The quantitative estimate of drug-likeness (QED) is 0.774. The molecule has 1 aromatic carbocycles. The van der Waals surface area contributed by atoms with Gasteiger partial charge in [-0.15, -0.1) is 0 Å². The average Bonchev–Trinajstić information content (AvgIpc) is 2.38. The van der Waals surface area contributed by atoms with Gasteiger partial charge in [-0.3, -0.25) is 4.79 Å². The Morgan fingerprint density at radius 3 is 2.00 bits per heavy atom. The molecule has 2 heteroatoms. The maximum atomic E-state index is 12.4. The molecule has 0 radical (unpaired) electrons. The van der Waals surface area contributed by atoms with Crippen LogP contribution in [-0.4, -0.2) is 18.0 Å². The van der Waals surface area contributed by atoms with E-state index in [1.807, 2.05) is 20.8 Å². The molecule has 0 aliphatic rings. The molecule has 1 atom stereocenters. The van der Waals surface area contributed by atoms with Gasteiger partial charge in [-0.2, -0.15) is 0 Å². The Balaban J connectivity index is 2.81. The number of ether oxygens (including phenoxy) is 1. The molecule has 0 saturated carbocycles. The molecule has 112 valence electrons. The number of benzene rings is 1. The zero-order chi connectivity index (χ0) is 15.4. The van der Waals surface area contributed by atoms with Crippen LogP contribution < -0.4 is 0 Å². The Morgan fingerprint density at radius 1 is 1.05 bits per heavy atom. The van der Waals surface area contributed by atoms with Crippen LogP contribution in [0.25, 0.3) is 0 Å². The van der Waals surface area contributed by atoms with Crippen molar-refractivity contribution in [1.29, 1.82) is 0 Å². The summed E-state index contributed by atoms with van der Waals surface area (Å²) in [5, 5.41) is 0. The first-order chi connectivity index (χ1) is 9.23. The molecule has 2 nitrogen and oxygen atoms in total. The lowest BCUT2D eigenvalue weighted by atomic mass is 9.86. The molecule has 0 aliphatic carbocycles. The Kier molecular flexibility index (Phi) is 5.52. The maximum absolute atomic E-state index is 12.4. The molecule has 0 fully saturated rings. The van der Waals surface area contributed by atoms with E-state index >= 15 is 0 Å². The molecule has 0 amide bonds. The summed E-state index contributed by atoms with van der Waals surface area (Å²) in [5.74, 6) is 0.158. The molecule has 20 heavy (non-hydrogen) atoms. The highest BCUT2D eigenvalue weighted by atomic mass is 16.5. The van der Waals surface area contributed by atoms with Crippen LogP contribution >= 0.6 is 0 Å².